The predicted molar refractivity (Wildman–Crippen MR) is 144 cm³/mol. The van der Waals surface area contributed by atoms with Gasteiger partial charge in [0.2, 0.25) is 15.5 Å². The number of anilines is 1. The molecule has 39 heavy (non-hydrogen) atoms. The van der Waals surface area contributed by atoms with Crippen LogP contribution < -0.4 is 15.1 Å². The fourth-order valence-electron chi connectivity index (χ4n) is 6.09. The summed E-state index contributed by atoms with van der Waals surface area (Å²) < 4.78 is 51.9. The number of aromatic carboxylic acids is 1. The predicted octanol–water partition coefficient (Wildman–Crippen LogP) is 4.13. The number of carboxylic acids is 1. The van der Waals surface area contributed by atoms with Gasteiger partial charge in [-0.25, -0.2) is 17.6 Å². The highest BCUT2D eigenvalue weighted by atomic mass is 35.5. The number of halogens is 2. The number of carbonyl (C=O) groups is 1. The fraction of sp³-hybridized carbons (Fsp3) is 0.407. The molecular formula is C27H27ClFN3O6S. The van der Waals surface area contributed by atoms with Crippen molar-refractivity contribution >= 4 is 44.2 Å². The van der Waals surface area contributed by atoms with E-state index < -0.39 is 32.8 Å². The first-order valence-corrected chi connectivity index (χ1v) is 14.6. The van der Waals surface area contributed by atoms with Crippen molar-refractivity contribution < 1.29 is 27.4 Å². The van der Waals surface area contributed by atoms with Gasteiger partial charge in [0.15, 0.2) is 11.6 Å². The second-order valence-electron chi connectivity index (χ2n) is 10.4. The summed E-state index contributed by atoms with van der Waals surface area (Å²) >= 11 is 5.96. The second kappa shape index (κ2) is 9.50. The van der Waals surface area contributed by atoms with Crippen LogP contribution in [0.1, 0.15) is 42.1 Å². The zero-order valence-corrected chi connectivity index (χ0v) is 22.7. The normalized spacial score (nSPS) is 21.8. The maximum Gasteiger partial charge on any atom is 0.341 e. The lowest BCUT2D eigenvalue weighted by atomic mass is 9.94. The molecule has 9 nitrogen and oxygen atoms in total. The van der Waals surface area contributed by atoms with Gasteiger partial charge in [-0.15, -0.1) is 0 Å². The maximum atomic E-state index is 15.8. The highest BCUT2D eigenvalue weighted by Gasteiger charge is 2.45. The van der Waals surface area contributed by atoms with E-state index in [1.807, 2.05) is 0 Å². The molecule has 1 saturated carbocycles. The lowest BCUT2D eigenvalue weighted by Gasteiger charge is -2.35. The Balaban J connectivity index is 1.44. The van der Waals surface area contributed by atoms with Crippen LogP contribution in [0.4, 0.5) is 10.1 Å². The highest BCUT2D eigenvalue weighted by Crippen LogP contribution is 2.46. The van der Waals surface area contributed by atoms with Crippen LogP contribution in [0.2, 0.25) is 5.02 Å². The van der Waals surface area contributed by atoms with Gasteiger partial charge >= 0.3 is 5.97 Å². The SMILES string of the molecule is COc1c(N2C[C@H]3CCCN(S(=O)(=O)c4ccc(Cl)cc4)[C@H]3C2)c(F)cc2c(=O)c(C(=O)O)cn(C3CC3)c12. The monoisotopic (exact) mass is 575 g/mol. The summed E-state index contributed by atoms with van der Waals surface area (Å²) in [5.41, 5.74) is -0.681. The second-order valence-corrected chi connectivity index (χ2v) is 12.7. The molecule has 3 aliphatic rings. The Labute approximate surface area is 229 Å². The lowest BCUT2D eigenvalue weighted by Crippen LogP contribution is -2.48. The van der Waals surface area contributed by atoms with Gasteiger partial charge in [-0.05, 0) is 61.9 Å². The van der Waals surface area contributed by atoms with Crippen molar-refractivity contribution in [2.24, 2.45) is 5.92 Å². The van der Waals surface area contributed by atoms with Crippen molar-refractivity contribution in [1.29, 1.82) is 0 Å². The smallest absolute Gasteiger partial charge is 0.341 e. The molecule has 0 bridgehead atoms. The number of hydrogen-bond acceptors (Lipinski definition) is 6. The molecule has 0 amide bonds. The fourth-order valence-corrected chi connectivity index (χ4v) is 7.93. The van der Waals surface area contributed by atoms with E-state index in [1.54, 1.807) is 21.6 Å². The Hall–Kier alpha value is -3.15. The standard InChI is InChI=1S/C27H27ClFN3O6S/c1-38-26-23-19(25(33)20(27(34)35)13-31(23)17-6-7-17)11-21(29)24(26)30-12-15-3-2-10-32(22(15)14-30)39(36,37)18-8-4-16(28)5-9-18/h4-5,8-9,11,13,15,17,22H,2-3,6-7,10,12,14H2,1H3,(H,34,35)/t15-,22+/m1/s1. The first kappa shape index (κ1) is 26.1. The van der Waals surface area contributed by atoms with Crippen LogP contribution in [-0.4, -0.2) is 61.2 Å². The molecule has 0 radical (unpaired) electrons. The number of piperidine rings is 1. The molecule has 206 valence electrons. The zero-order chi connectivity index (χ0) is 27.6. The highest BCUT2D eigenvalue weighted by molar-refractivity contribution is 7.89. The molecular weight excluding hydrogens is 549 g/mol. The zero-order valence-electron chi connectivity index (χ0n) is 21.1. The van der Waals surface area contributed by atoms with Gasteiger partial charge in [0.1, 0.15) is 11.3 Å². The number of sulfonamides is 1. The summed E-state index contributed by atoms with van der Waals surface area (Å²) in [6.07, 6.45) is 4.40. The van der Waals surface area contributed by atoms with Gasteiger partial charge in [-0.2, -0.15) is 4.31 Å². The third kappa shape index (κ3) is 4.27. The van der Waals surface area contributed by atoms with Crippen LogP contribution in [0.5, 0.6) is 5.75 Å². The van der Waals surface area contributed by atoms with E-state index in [0.29, 0.717) is 30.0 Å². The number of pyridine rings is 1. The van der Waals surface area contributed by atoms with Crippen molar-refractivity contribution in [3.63, 3.8) is 0 Å². The Morgan fingerprint density at radius 2 is 1.87 bits per heavy atom. The van der Waals surface area contributed by atoms with Gasteiger partial charge in [0, 0.05) is 42.9 Å². The molecule has 2 atom stereocenters. The van der Waals surface area contributed by atoms with Gasteiger partial charge < -0.3 is 19.3 Å². The molecule has 1 N–H and O–H groups in total. The molecule has 6 rings (SSSR count). The molecule has 2 aliphatic heterocycles. The molecule has 12 heteroatoms. The van der Waals surface area contributed by atoms with Gasteiger partial charge in [0.05, 0.1) is 22.9 Å². The van der Waals surface area contributed by atoms with Gasteiger partial charge in [-0.1, -0.05) is 11.6 Å². The molecule has 1 aliphatic carbocycles. The van der Waals surface area contributed by atoms with E-state index in [0.717, 1.165) is 25.3 Å². The number of methoxy groups -OCH3 is 1. The molecule has 3 fully saturated rings. The first-order chi connectivity index (χ1) is 18.6. The van der Waals surface area contributed by atoms with Crippen LogP contribution >= 0.6 is 11.6 Å². The maximum absolute atomic E-state index is 15.8. The van der Waals surface area contributed by atoms with Crippen molar-refractivity contribution in [3.05, 3.63) is 63.2 Å². The van der Waals surface area contributed by atoms with Crippen LogP contribution in [0.25, 0.3) is 10.9 Å². The number of aromatic nitrogens is 1. The molecule has 2 saturated heterocycles. The lowest BCUT2D eigenvalue weighted by molar-refractivity contribution is 0.0694. The number of rotatable bonds is 6. The van der Waals surface area contributed by atoms with Gasteiger partial charge in [-0.3, -0.25) is 4.79 Å². The van der Waals surface area contributed by atoms with Crippen LogP contribution in [0, 0.1) is 11.7 Å². The van der Waals surface area contributed by atoms with Crippen molar-refractivity contribution in [2.75, 3.05) is 31.6 Å². The van der Waals surface area contributed by atoms with Crippen molar-refractivity contribution in [3.8, 4) is 5.75 Å². The average molecular weight is 576 g/mol. The topological polar surface area (TPSA) is 109 Å². The summed E-state index contributed by atoms with van der Waals surface area (Å²) in [7, 11) is -2.41. The molecule has 1 aromatic heterocycles. The quantitative estimate of drug-likeness (QED) is 0.471. The minimum absolute atomic E-state index is 0.0143. The molecule has 0 spiro atoms. The Bertz CT molecular complexity index is 1650. The van der Waals surface area contributed by atoms with E-state index in [-0.39, 0.29) is 46.3 Å². The third-order valence-corrected chi connectivity index (χ3v) is 10.2. The Morgan fingerprint density at radius 1 is 1.15 bits per heavy atom. The van der Waals surface area contributed by atoms with Crippen LogP contribution in [0.15, 0.2) is 46.2 Å². The van der Waals surface area contributed by atoms with Crippen molar-refractivity contribution in [1.82, 2.24) is 8.87 Å². The van der Waals surface area contributed by atoms with E-state index in [4.69, 9.17) is 16.3 Å². The summed E-state index contributed by atoms with van der Waals surface area (Å²) in [6.45, 7) is 1.02. The van der Waals surface area contributed by atoms with Crippen LogP contribution in [0.3, 0.4) is 0 Å². The number of benzene rings is 2. The summed E-state index contributed by atoms with van der Waals surface area (Å²) in [4.78, 5) is 26.7. The van der Waals surface area contributed by atoms with E-state index in [2.05, 4.69) is 0 Å². The molecule has 3 aromatic rings. The van der Waals surface area contributed by atoms with Crippen molar-refractivity contribution in [2.45, 2.75) is 42.7 Å². The largest absolute Gasteiger partial charge is 0.492 e. The summed E-state index contributed by atoms with van der Waals surface area (Å²) in [6, 6.07) is 6.76. The number of fused-ring (bicyclic) bond motifs is 2. The minimum atomic E-state index is -3.81. The minimum Gasteiger partial charge on any atom is -0.492 e. The van der Waals surface area contributed by atoms with Gasteiger partial charge in [0.25, 0.3) is 0 Å². The van der Waals surface area contributed by atoms with E-state index >= 15 is 4.39 Å². The summed E-state index contributed by atoms with van der Waals surface area (Å²) in [5, 5.41) is 9.96. The third-order valence-electron chi connectivity index (χ3n) is 8.04. The number of ether oxygens (including phenoxy) is 1. The molecule has 3 heterocycles. The van der Waals surface area contributed by atoms with E-state index in [1.165, 1.54) is 29.7 Å². The average Bonchev–Trinajstić information content (AvgIpc) is 3.66. The van der Waals surface area contributed by atoms with Crippen LogP contribution in [-0.2, 0) is 10.0 Å². The Morgan fingerprint density at radius 3 is 2.51 bits per heavy atom. The summed E-state index contributed by atoms with van der Waals surface area (Å²) in [5.74, 6) is -1.96. The molecule has 0 unspecified atom stereocenters. The first-order valence-electron chi connectivity index (χ1n) is 12.8. The molecule has 2 aromatic carbocycles. The Kier molecular flexibility index (Phi) is 6.35. The van der Waals surface area contributed by atoms with E-state index in [9.17, 15) is 23.1 Å². The number of hydrogen-bond donors (Lipinski definition) is 1. The number of carboxylic acid groups (broad SMARTS) is 1. The number of nitrogens with zero attached hydrogens (tertiary/aromatic N) is 3.